The smallest absolute Gasteiger partial charge is 0.364 e. The number of phosphoric ester groups is 1. The Bertz CT molecular complexity index is 3560. The number of carboxylic acids is 2. The number of aliphatic hydroxyl groups is 11. The molecular weight excluding hydrogens is 1960 g/mol. The summed E-state index contributed by atoms with van der Waals surface area (Å²) >= 11 is 0. The molecule has 0 saturated carbocycles. The molecule has 4 rings (SSSR count). The molecule has 15 N–H and O–H groups in total. The van der Waals surface area contributed by atoms with Gasteiger partial charge in [-0.1, -0.05) is 375 Å². The van der Waals surface area contributed by atoms with E-state index in [-0.39, 0.29) is 38.5 Å². The Balaban J connectivity index is 2.05. The van der Waals surface area contributed by atoms with Crippen LogP contribution in [0.1, 0.15) is 478 Å². The van der Waals surface area contributed by atoms with Gasteiger partial charge in [0, 0.05) is 25.7 Å². The van der Waals surface area contributed by atoms with Crippen molar-refractivity contribution in [3.63, 3.8) is 0 Å². The molecule has 4 heterocycles. The highest BCUT2D eigenvalue weighted by atomic mass is 31.2. The van der Waals surface area contributed by atoms with Gasteiger partial charge >= 0.3 is 29.8 Å². The van der Waals surface area contributed by atoms with Gasteiger partial charge in [-0.15, -0.1) is 0 Å². The highest BCUT2D eigenvalue weighted by Crippen LogP contribution is 2.44. The summed E-state index contributed by atoms with van der Waals surface area (Å²) in [5.74, 6) is -17.4. The number of hydrogen-bond donors (Lipinski definition) is 15. The maximum atomic E-state index is 15.7. The molecule has 0 bridgehead atoms. The zero-order valence-electron chi connectivity index (χ0n) is 91.3. The van der Waals surface area contributed by atoms with Gasteiger partial charge in [0.25, 0.3) is 13.6 Å². The number of aliphatic carboxylic acids is 2. The fraction of sp³-hybridized carbons (Fsp3) is 0.927. The first-order valence-corrected chi connectivity index (χ1v) is 59.6. The molecule has 4 aliphatic heterocycles. The molecule has 0 aromatic carbocycles. The molecule has 0 aliphatic carbocycles. The van der Waals surface area contributed by atoms with E-state index >= 15 is 9.59 Å². The second-order valence-electron chi connectivity index (χ2n) is 42.4. The summed E-state index contributed by atoms with van der Waals surface area (Å²) in [5, 5.41) is 155. The van der Waals surface area contributed by atoms with Gasteiger partial charge in [0.05, 0.1) is 76.5 Å². The van der Waals surface area contributed by atoms with Crippen LogP contribution >= 0.6 is 7.82 Å². The number of carboxylic acid groups (broad SMARTS) is 2. The van der Waals surface area contributed by atoms with E-state index in [1.165, 1.54) is 12.8 Å². The van der Waals surface area contributed by atoms with Gasteiger partial charge in [0.15, 0.2) is 24.8 Å². The third-order valence-corrected chi connectivity index (χ3v) is 29.6. The normalized spacial score (nSPS) is 25.7. The Morgan fingerprint density at radius 1 is 0.396 bits per heavy atom. The summed E-state index contributed by atoms with van der Waals surface area (Å²) in [7, 11) is -6.41. The Hall–Kier alpha value is -4.85. The van der Waals surface area contributed by atoms with Crippen molar-refractivity contribution in [2.75, 3.05) is 26.4 Å². The van der Waals surface area contributed by atoms with Crippen LogP contribution in [0.2, 0.25) is 0 Å². The fourth-order valence-electron chi connectivity index (χ4n) is 20.2. The predicted octanol–water partition coefficient (Wildman–Crippen LogP) is 13.9. The van der Waals surface area contributed by atoms with Crippen molar-refractivity contribution in [3.8, 4) is 0 Å². The molecule has 149 heavy (non-hydrogen) atoms. The van der Waals surface area contributed by atoms with Gasteiger partial charge < -0.3 is 148 Å². The number of phosphoric acid groups is 1. The number of hydrogen-bond acceptors (Lipinski definition) is 34. The number of carbonyl (C=O) groups is 8. The molecule has 11 unspecified atom stereocenters. The number of aliphatic hydroxyl groups excluding tert-OH is 11. The molecule has 2 amide bonds. The first-order valence-electron chi connectivity index (χ1n) is 58.1. The number of carbonyl (C=O) groups excluding carboxylic acids is 7. The molecule has 0 spiro atoms. The molecule has 4 fully saturated rings. The molecule has 38 nitrogen and oxygen atoms in total. The average Bonchev–Trinajstić information content (AvgIpc) is 0.746. The van der Waals surface area contributed by atoms with Crippen LogP contribution in [0.5, 0.6) is 0 Å². The van der Waals surface area contributed by atoms with Crippen molar-refractivity contribution < 1.29 is 176 Å². The van der Waals surface area contributed by atoms with Crippen LogP contribution < -0.4 is 20.6 Å². The summed E-state index contributed by atoms with van der Waals surface area (Å²) in [6.45, 7) is 7.49. The zero-order chi connectivity index (χ0) is 110. The minimum absolute atomic E-state index is 0.0323. The number of ether oxygens (including phenoxy) is 11. The lowest BCUT2D eigenvalue weighted by molar-refractivity contribution is -0.406. The van der Waals surface area contributed by atoms with Crippen LogP contribution in [0, 0.1) is 0 Å². The maximum absolute atomic E-state index is 15.7. The molecule has 0 radical (unpaired) electrons. The first-order chi connectivity index (χ1) is 71.6. The summed E-state index contributed by atoms with van der Waals surface area (Å²) in [4.78, 5) is 141. The maximum Gasteiger partial charge on any atom is 0.364 e. The van der Waals surface area contributed by atoms with Crippen molar-refractivity contribution in [3.05, 3.63) is 0 Å². The second-order valence-corrected chi connectivity index (χ2v) is 43.6. The van der Waals surface area contributed by atoms with Crippen LogP contribution in [0.15, 0.2) is 0 Å². The molecule has 0 aromatic heterocycles. The van der Waals surface area contributed by atoms with Crippen molar-refractivity contribution in [1.82, 2.24) is 10.6 Å². The molecule has 25 atom stereocenters. The quantitative estimate of drug-likeness (QED) is 0.0116. The molecule has 39 heteroatoms. The van der Waals surface area contributed by atoms with E-state index < -0.39 is 267 Å². The van der Waals surface area contributed by atoms with Gasteiger partial charge in [-0.3, -0.25) is 33.3 Å². The minimum atomic E-state index is -6.41. The van der Waals surface area contributed by atoms with E-state index in [2.05, 4.69) is 52.2 Å². The Labute approximate surface area is 888 Å². The predicted molar refractivity (Wildman–Crippen MR) is 552 cm³/mol. The molecule has 0 aromatic rings. The summed E-state index contributed by atoms with van der Waals surface area (Å²) in [5.41, 5.74) is 0. The molecule has 4 saturated heterocycles. The standard InChI is InChI=1S/C110H201N2O36P/c1-7-13-19-25-31-37-38-44-50-56-62-68-92(123)140-82(66-60-54-48-42-35-29-23-17-11-5)72-94(125)144-104-96(112-90(121)71-81(65-59-53-47-41-34-28-22-16-10-4)139-91(122)67-61-55-49-43-36-30-24-18-12-6)106(142-88(102(104)148-149(134,135)136)78-138-109(107(130)131)74-86(98(127)101(146-109)85(119)76-114)145-110(108(132)133)73-83(117)97(126)100(147-110)84(118)75-113)137-77-87-99(128)103(143-93(124)70-80(116)64-58-52-46-40-33-27-21-15-9-3)95(105(129)141-87)111-89(120)69-79(115)63-57-51-45-39-32-26-20-14-8-2/h79-88,95-106,113-119,126-129H,7-78H2,1-6H3,(H,111,120)(H,112,121)(H,130,131)(H,132,133)(H2,134,135,136)/p-2/t79-,80-,81-,82-,83?,84-,85-,86?,87?,88?,95?,96?,97-,98-,99-,100?,101?,102-,103?,104?,105+,106-,109-,110-/m1/s1. The fourth-order valence-corrected chi connectivity index (χ4v) is 20.7. The average molecular weight is 2160 g/mol. The Morgan fingerprint density at radius 2 is 0.752 bits per heavy atom. The first kappa shape index (κ1) is 136. The van der Waals surface area contributed by atoms with Gasteiger partial charge in [-0.2, -0.15) is 0 Å². The topological polar surface area (TPSA) is 598 Å². The van der Waals surface area contributed by atoms with E-state index in [4.69, 9.17) is 56.6 Å². The van der Waals surface area contributed by atoms with Crippen LogP contribution in [-0.4, -0.2) is 286 Å². The number of rotatable bonds is 92. The van der Waals surface area contributed by atoms with E-state index in [9.17, 15) is 110 Å². The lowest BCUT2D eigenvalue weighted by atomic mass is 9.90. The summed E-state index contributed by atoms with van der Waals surface area (Å²) in [6.07, 6.45) is 5.12. The second kappa shape index (κ2) is 80.8. The van der Waals surface area contributed by atoms with Gasteiger partial charge in [0.2, 0.25) is 17.6 Å². The van der Waals surface area contributed by atoms with Crippen LogP contribution in [0.25, 0.3) is 0 Å². The van der Waals surface area contributed by atoms with E-state index in [1.54, 1.807) is 0 Å². The van der Waals surface area contributed by atoms with Gasteiger partial charge in [-0.05, 0) is 51.4 Å². The van der Waals surface area contributed by atoms with Crippen molar-refractivity contribution >= 4 is 55.5 Å². The SMILES string of the molecule is CCCCCCCCCCCCCC(=O)O[C@H](CCCCCCCCCCC)CC(=O)OC1C(NC(=O)C[C@@H](CCCCCCCCCCC)OC(=O)CCCCCCCCCCC)[C@H](OCC2O[C@H](O)C(NC(=O)C[C@H](O)CCCCCCCCCCC)C(OC(=O)C[C@H](O)CCCCCCCCCCC)[C@@H]2O)OC(CO[C@]2(C(=O)[O-])CC(O[C@]3(C(=O)O)CC(O)[C@@H](O)C([C@H](O)CO)O3)[C@@H](O)C([C@H](O)CO)O2)[C@H]1OP(=O)([O-])O. The molecule has 872 valence electrons. The lowest BCUT2D eigenvalue weighted by Crippen LogP contribution is -2.70. The van der Waals surface area contributed by atoms with Crippen molar-refractivity contribution in [2.24, 2.45) is 0 Å². The van der Waals surface area contributed by atoms with E-state index in [0.717, 1.165) is 283 Å². The summed E-state index contributed by atoms with van der Waals surface area (Å²) in [6, 6.07) is -4.11. The van der Waals surface area contributed by atoms with E-state index in [1.807, 2.05) is 0 Å². The van der Waals surface area contributed by atoms with Crippen LogP contribution in [0.3, 0.4) is 0 Å². The zero-order valence-corrected chi connectivity index (χ0v) is 92.2. The van der Waals surface area contributed by atoms with Crippen LogP contribution in [-0.2, 0) is 99.6 Å². The van der Waals surface area contributed by atoms with Crippen LogP contribution in [0.4, 0.5) is 0 Å². The number of nitrogens with one attached hydrogen (secondary N) is 2. The minimum Gasteiger partial charge on any atom is -0.756 e. The van der Waals surface area contributed by atoms with E-state index in [0.29, 0.717) is 64.2 Å². The third kappa shape index (κ3) is 56.8. The number of amides is 2. The third-order valence-electron chi connectivity index (χ3n) is 29.1. The molecule has 4 aliphatic rings. The highest BCUT2D eigenvalue weighted by Gasteiger charge is 2.61. The monoisotopic (exact) mass is 2160 g/mol. The number of unbranched alkanes of at least 4 members (excludes halogenated alkanes) is 50. The Morgan fingerprint density at radius 3 is 1.15 bits per heavy atom. The Kier molecular flexibility index (Phi) is 74.0. The molecular formula is C110H199N2O36P-2. The summed E-state index contributed by atoms with van der Waals surface area (Å²) < 4.78 is 86.9. The van der Waals surface area contributed by atoms with Crippen molar-refractivity contribution in [2.45, 2.75) is 624 Å². The van der Waals surface area contributed by atoms with Gasteiger partial charge in [0.1, 0.15) is 91.3 Å². The van der Waals surface area contributed by atoms with Crippen molar-refractivity contribution in [1.29, 1.82) is 0 Å². The largest absolute Gasteiger partial charge is 0.756 e. The van der Waals surface area contributed by atoms with Gasteiger partial charge in [-0.25, -0.2) is 4.79 Å². The number of esters is 4. The highest BCUT2D eigenvalue weighted by molar-refractivity contribution is 7.44. The lowest BCUT2D eigenvalue weighted by Gasteiger charge is -2.51.